The third kappa shape index (κ3) is 2.96. The number of nitrogens with zero attached hydrogens (tertiary/aromatic N) is 1. The van der Waals surface area contributed by atoms with Gasteiger partial charge in [0.25, 0.3) is 0 Å². The lowest BCUT2D eigenvalue weighted by Crippen LogP contribution is -2.33. The maximum absolute atomic E-state index is 3.67. The van der Waals surface area contributed by atoms with Crippen LogP contribution in [0.25, 0.3) is 0 Å². The monoisotopic (exact) mass is 259 g/mol. The van der Waals surface area contributed by atoms with Crippen LogP contribution in [0.1, 0.15) is 44.9 Å². The molecule has 1 nitrogen and oxygen atoms in total. The van der Waals surface area contributed by atoms with Gasteiger partial charge in [-0.2, -0.15) is 0 Å². The van der Waals surface area contributed by atoms with Crippen LogP contribution >= 0.6 is 15.9 Å². The van der Waals surface area contributed by atoms with Gasteiger partial charge in [0.1, 0.15) is 0 Å². The Morgan fingerprint density at radius 2 is 1.50 bits per heavy atom. The van der Waals surface area contributed by atoms with Crippen LogP contribution < -0.4 is 0 Å². The van der Waals surface area contributed by atoms with Crippen molar-refractivity contribution >= 4 is 15.9 Å². The number of hydrogen-bond acceptors (Lipinski definition) is 1. The highest BCUT2D eigenvalue weighted by atomic mass is 79.9. The Kier molecular flexibility index (Phi) is 3.89. The van der Waals surface area contributed by atoms with E-state index in [1.165, 1.54) is 69.9 Å². The van der Waals surface area contributed by atoms with E-state index in [4.69, 9.17) is 0 Å². The Bertz CT molecular complexity index is 169. The number of hydrogen-bond donors (Lipinski definition) is 0. The summed E-state index contributed by atoms with van der Waals surface area (Å²) in [5.74, 6) is 0. The van der Waals surface area contributed by atoms with E-state index in [-0.39, 0.29) is 0 Å². The zero-order valence-corrected chi connectivity index (χ0v) is 10.7. The molecule has 0 unspecified atom stereocenters. The Morgan fingerprint density at radius 3 is 2.00 bits per heavy atom. The summed E-state index contributed by atoms with van der Waals surface area (Å²) in [4.78, 5) is 2.72. The molecule has 0 amide bonds. The molecule has 1 aliphatic heterocycles. The summed E-state index contributed by atoms with van der Waals surface area (Å²) < 4.78 is 0. The van der Waals surface area contributed by atoms with Crippen LogP contribution in [0.3, 0.4) is 0 Å². The van der Waals surface area contributed by atoms with Crippen LogP contribution in [0.2, 0.25) is 0 Å². The Labute approximate surface area is 96.4 Å². The maximum Gasteiger partial charge on any atom is 0.0100 e. The minimum absolute atomic E-state index is 0.680. The summed E-state index contributed by atoms with van der Waals surface area (Å²) in [5, 5.41) is 1.22. The van der Waals surface area contributed by atoms with Crippen molar-refractivity contribution in [1.29, 1.82) is 0 Å². The van der Waals surface area contributed by atoms with E-state index in [9.17, 15) is 0 Å². The van der Waals surface area contributed by atoms with Gasteiger partial charge in [-0.1, -0.05) is 35.2 Å². The van der Waals surface area contributed by atoms with Crippen LogP contribution in [0.4, 0.5) is 0 Å². The van der Waals surface area contributed by atoms with Crippen LogP contribution in [-0.2, 0) is 0 Å². The molecule has 1 saturated carbocycles. The Morgan fingerprint density at radius 1 is 0.929 bits per heavy atom. The van der Waals surface area contributed by atoms with Gasteiger partial charge in [0.2, 0.25) is 0 Å². The molecule has 0 aromatic heterocycles. The molecule has 0 N–H and O–H groups in total. The third-order valence-electron chi connectivity index (χ3n) is 3.75. The molecule has 1 heterocycles. The largest absolute Gasteiger partial charge is 0.303 e. The molecule has 0 atom stereocenters. The molecular formula is C12H22BrN. The number of rotatable bonds is 3. The summed E-state index contributed by atoms with van der Waals surface area (Å²) in [6, 6.07) is 0. The minimum atomic E-state index is 0.680. The van der Waals surface area contributed by atoms with E-state index in [0.717, 1.165) is 0 Å². The zero-order valence-electron chi connectivity index (χ0n) is 9.10. The van der Waals surface area contributed by atoms with E-state index in [1.807, 2.05) is 0 Å². The second-order valence-corrected chi connectivity index (χ2v) is 5.74. The molecular weight excluding hydrogens is 238 g/mol. The lowest BCUT2D eigenvalue weighted by molar-refractivity contribution is 0.211. The maximum atomic E-state index is 3.67. The van der Waals surface area contributed by atoms with Crippen molar-refractivity contribution in [2.75, 3.05) is 25.0 Å². The van der Waals surface area contributed by atoms with Crippen molar-refractivity contribution in [1.82, 2.24) is 4.90 Å². The number of alkyl halides is 1. The molecule has 0 aromatic rings. The molecule has 0 spiro atoms. The molecule has 0 bridgehead atoms. The van der Waals surface area contributed by atoms with E-state index in [1.54, 1.807) is 0 Å². The predicted octanol–water partition coefficient (Wildman–Crippen LogP) is 3.43. The molecule has 2 heteroatoms. The first-order valence-electron chi connectivity index (χ1n) is 6.13. The summed E-state index contributed by atoms with van der Waals surface area (Å²) in [6.07, 6.45) is 10.1. The summed E-state index contributed by atoms with van der Waals surface area (Å²) >= 11 is 3.67. The van der Waals surface area contributed by atoms with Crippen LogP contribution in [0.5, 0.6) is 0 Å². The Balaban J connectivity index is 1.77. The van der Waals surface area contributed by atoms with Gasteiger partial charge in [0.15, 0.2) is 0 Å². The predicted molar refractivity (Wildman–Crippen MR) is 65.0 cm³/mol. The van der Waals surface area contributed by atoms with E-state index in [2.05, 4.69) is 20.8 Å². The van der Waals surface area contributed by atoms with Crippen molar-refractivity contribution in [3.05, 3.63) is 0 Å². The second kappa shape index (κ2) is 4.98. The van der Waals surface area contributed by atoms with Gasteiger partial charge < -0.3 is 4.90 Å². The standard InChI is InChI=1S/C12H22BrN/c13-10-12(6-7-12)11-14-8-4-2-1-3-5-9-14/h1-11H2. The number of likely N-dealkylation sites (tertiary alicyclic amines) is 1. The zero-order chi connectivity index (χ0) is 9.86. The van der Waals surface area contributed by atoms with Gasteiger partial charge in [-0.25, -0.2) is 0 Å². The average molecular weight is 260 g/mol. The fourth-order valence-corrected chi connectivity index (χ4v) is 3.19. The highest BCUT2D eigenvalue weighted by Crippen LogP contribution is 2.47. The number of halogens is 1. The van der Waals surface area contributed by atoms with Crippen molar-refractivity contribution in [3.63, 3.8) is 0 Å². The highest BCUT2D eigenvalue weighted by molar-refractivity contribution is 9.09. The molecule has 0 aromatic carbocycles. The quantitative estimate of drug-likeness (QED) is 0.703. The second-order valence-electron chi connectivity index (χ2n) is 5.18. The third-order valence-corrected chi connectivity index (χ3v) is 4.94. The van der Waals surface area contributed by atoms with Gasteiger partial charge in [-0.3, -0.25) is 0 Å². The van der Waals surface area contributed by atoms with Gasteiger partial charge >= 0.3 is 0 Å². The normalized spacial score (nSPS) is 28.1. The van der Waals surface area contributed by atoms with Gasteiger partial charge in [0, 0.05) is 11.9 Å². The lowest BCUT2D eigenvalue weighted by Gasteiger charge is -2.28. The Hall–Kier alpha value is 0.440. The van der Waals surface area contributed by atoms with E-state index >= 15 is 0 Å². The molecule has 2 aliphatic rings. The fourth-order valence-electron chi connectivity index (χ4n) is 2.46. The van der Waals surface area contributed by atoms with Crippen molar-refractivity contribution in [2.45, 2.75) is 44.9 Å². The molecule has 2 rings (SSSR count). The first kappa shape index (κ1) is 10.9. The van der Waals surface area contributed by atoms with Crippen molar-refractivity contribution in [2.24, 2.45) is 5.41 Å². The van der Waals surface area contributed by atoms with Crippen LogP contribution in [0.15, 0.2) is 0 Å². The topological polar surface area (TPSA) is 3.24 Å². The first-order chi connectivity index (χ1) is 6.85. The van der Waals surface area contributed by atoms with Gasteiger partial charge in [0.05, 0.1) is 0 Å². The van der Waals surface area contributed by atoms with Gasteiger partial charge in [-0.05, 0) is 44.2 Å². The smallest absolute Gasteiger partial charge is 0.0100 e. The average Bonchev–Trinajstić information content (AvgIpc) is 2.91. The molecule has 2 fully saturated rings. The lowest BCUT2D eigenvalue weighted by atomic mass is 10.1. The molecule has 14 heavy (non-hydrogen) atoms. The van der Waals surface area contributed by atoms with E-state index in [0.29, 0.717) is 5.41 Å². The fraction of sp³-hybridized carbons (Fsp3) is 1.00. The minimum Gasteiger partial charge on any atom is -0.303 e. The summed E-state index contributed by atoms with van der Waals surface area (Å²) in [7, 11) is 0. The molecule has 1 aliphatic carbocycles. The highest BCUT2D eigenvalue weighted by Gasteiger charge is 2.42. The van der Waals surface area contributed by atoms with Crippen molar-refractivity contribution < 1.29 is 0 Å². The molecule has 0 radical (unpaired) electrons. The summed E-state index contributed by atoms with van der Waals surface area (Å²) in [5.41, 5.74) is 0.680. The van der Waals surface area contributed by atoms with Crippen LogP contribution in [0, 0.1) is 5.41 Å². The van der Waals surface area contributed by atoms with E-state index < -0.39 is 0 Å². The summed E-state index contributed by atoms with van der Waals surface area (Å²) in [6.45, 7) is 4.07. The first-order valence-corrected chi connectivity index (χ1v) is 7.25. The van der Waals surface area contributed by atoms with Gasteiger partial charge in [-0.15, -0.1) is 0 Å². The van der Waals surface area contributed by atoms with Crippen LogP contribution in [-0.4, -0.2) is 29.9 Å². The molecule has 1 saturated heterocycles. The SMILES string of the molecule is BrCC1(CN2CCCCCCC2)CC1. The molecule has 82 valence electrons. The van der Waals surface area contributed by atoms with Crippen molar-refractivity contribution in [3.8, 4) is 0 Å².